The number of rotatable bonds is 13. The van der Waals surface area contributed by atoms with Gasteiger partial charge in [-0.3, -0.25) is 4.79 Å². The van der Waals surface area contributed by atoms with Crippen LogP contribution < -0.4 is 0 Å². The smallest absolute Gasteiger partial charge is 0.303 e. The van der Waals surface area contributed by atoms with Gasteiger partial charge in [0.2, 0.25) is 0 Å². The molecule has 2 bridgehead atoms. The minimum atomic E-state index is -0.874. The van der Waals surface area contributed by atoms with E-state index < -0.39 is 18.2 Å². The molecule has 2 fully saturated rings. The fourth-order valence-electron chi connectivity index (χ4n) is 3.43. The average molecular weight is 402 g/mol. The number of aliphatic hydroxyl groups is 2. The maximum atomic E-state index is 10.5. The van der Waals surface area contributed by atoms with Crippen molar-refractivity contribution in [2.75, 3.05) is 0 Å². The van der Waals surface area contributed by atoms with Crippen LogP contribution in [-0.2, 0) is 24.3 Å². The molecule has 2 aliphatic rings. The highest BCUT2D eigenvalue weighted by Gasteiger charge is 2.43. The summed E-state index contributed by atoms with van der Waals surface area (Å²) in [5.41, 5.74) is 0. The van der Waals surface area contributed by atoms with Gasteiger partial charge in [-0.1, -0.05) is 38.3 Å². The van der Waals surface area contributed by atoms with Gasteiger partial charge in [0.05, 0.1) is 12.2 Å². The fraction of sp³-hybridized carbons (Fsp3) is 0.850. The SMILES string of the molecule is CCCCC[C@H](O)CC[C@@H]1OO[C@@H](/C=C/[C@@H](O)CCCC(=O)O)[C@@H]2C[C@H]1OO2. The molecule has 2 aliphatic heterocycles. The predicted molar refractivity (Wildman–Crippen MR) is 100 cm³/mol. The Morgan fingerprint density at radius 2 is 1.82 bits per heavy atom. The fourth-order valence-corrected chi connectivity index (χ4v) is 3.43. The summed E-state index contributed by atoms with van der Waals surface area (Å²) < 4.78 is 0. The Morgan fingerprint density at radius 1 is 1.04 bits per heavy atom. The zero-order valence-corrected chi connectivity index (χ0v) is 16.6. The molecule has 162 valence electrons. The van der Waals surface area contributed by atoms with Crippen LogP contribution in [0.3, 0.4) is 0 Å². The number of carboxylic acids is 1. The molecular formula is C20H34O8. The van der Waals surface area contributed by atoms with Crippen LogP contribution in [-0.4, -0.2) is 57.9 Å². The van der Waals surface area contributed by atoms with E-state index in [9.17, 15) is 15.0 Å². The molecule has 0 aliphatic carbocycles. The van der Waals surface area contributed by atoms with Crippen molar-refractivity contribution in [1.82, 2.24) is 0 Å². The van der Waals surface area contributed by atoms with E-state index in [0.29, 0.717) is 32.1 Å². The maximum absolute atomic E-state index is 10.5. The molecule has 0 aromatic heterocycles. The van der Waals surface area contributed by atoms with Crippen LogP contribution in [0.4, 0.5) is 0 Å². The first-order valence-electron chi connectivity index (χ1n) is 10.4. The van der Waals surface area contributed by atoms with Gasteiger partial charge in [0.25, 0.3) is 0 Å². The van der Waals surface area contributed by atoms with E-state index in [4.69, 9.17) is 24.7 Å². The number of carboxylic acid groups (broad SMARTS) is 1. The van der Waals surface area contributed by atoms with Crippen LogP contribution >= 0.6 is 0 Å². The van der Waals surface area contributed by atoms with Gasteiger partial charge in [-0.25, -0.2) is 19.6 Å². The Morgan fingerprint density at radius 3 is 2.57 bits per heavy atom. The van der Waals surface area contributed by atoms with Gasteiger partial charge < -0.3 is 15.3 Å². The molecule has 3 N–H and O–H groups in total. The first-order valence-corrected chi connectivity index (χ1v) is 10.4. The maximum Gasteiger partial charge on any atom is 0.303 e. The predicted octanol–water partition coefficient (Wildman–Crippen LogP) is 2.67. The van der Waals surface area contributed by atoms with E-state index in [-0.39, 0.29) is 30.8 Å². The average Bonchev–Trinajstić information content (AvgIpc) is 3.06. The monoisotopic (exact) mass is 402 g/mol. The molecule has 0 saturated carbocycles. The second-order valence-electron chi connectivity index (χ2n) is 7.67. The number of hydrogen-bond donors (Lipinski definition) is 3. The molecule has 0 radical (unpaired) electrons. The van der Waals surface area contributed by atoms with Gasteiger partial charge in [0, 0.05) is 12.8 Å². The summed E-state index contributed by atoms with van der Waals surface area (Å²) in [6, 6.07) is 0. The van der Waals surface area contributed by atoms with Gasteiger partial charge in [-0.05, 0) is 32.1 Å². The Bertz CT molecular complexity index is 483. The summed E-state index contributed by atoms with van der Waals surface area (Å²) >= 11 is 0. The topological polar surface area (TPSA) is 115 Å². The van der Waals surface area contributed by atoms with Crippen molar-refractivity contribution in [3.63, 3.8) is 0 Å². The zero-order valence-electron chi connectivity index (χ0n) is 16.6. The molecule has 6 atom stereocenters. The van der Waals surface area contributed by atoms with Crippen LogP contribution in [0.25, 0.3) is 0 Å². The molecule has 8 heteroatoms. The molecule has 0 unspecified atom stereocenters. The summed E-state index contributed by atoms with van der Waals surface area (Å²) in [4.78, 5) is 32.3. The largest absolute Gasteiger partial charge is 0.481 e. The van der Waals surface area contributed by atoms with Crippen molar-refractivity contribution in [2.24, 2.45) is 0 Å². The molecular weight excluding hydrogens is 368 g/mol. The number of aliphatic carboxylic acids is 1. The van der Waals surface area contributed by atoms with Gasteiger partial charge in [-0.15, -0.1) is 0 Å². The Hall–Kier alpha value is -1.03. The Balaban J connectivity index is 1.75. The summed E-state index contributed by atoms with van der Waals surface area (Å²) in [7, 11) is 0. The summed E-state index contributed by atoms with van der Waals surface area (Å²) in [5.74, 6) is -0.874. The van der Waals surface area contributed by atoms with Crippen molar-refractivity contribution >= 4 is 5.97 Å². The third-order valence-corrected chi connectivity index (χ3v) is 5.18. The van der Waals surface area contributed by atoms with E-state index in [1.165, 1.54) is 0 Å². The normalized spacial score (nSPS) is 29.7. The van der Waals surface area contributed by atoms with E-state index in [0.717, 1.165) is 25.7 Å². The number of unbranched alkanes of at least 4 members (excludes halogenated alkanes) is 2. The third-order valence-electron chi connectivity index (χ3n) is 5.18. The molecule has 28 heavy (non-hydrogen) atoms. The van der Waals surface area contributed by atoms with Gasteiger partial charge in [0.1, 0.15) is 24.4 Å². The molecule has 2 heterocycles. The number of hydrogen-bond acceptors (Lipinski definition) is 7. The molecule has 0 spiro atoms. The van der Waals surface area contributed by atoms with Crippen molar-refractivity contribution < 1.29 is 39.7 Å². The highest BCUT2D eigenvalue weighted by Crippen LogP contribution is 2.32. The number of carbonyl (C=O) groups is 1. The van der Waals surface area contributed by atoms with Crippen LogP contribution in [0.1, 0.15) is 71.1 Å². The van der Waals surface area contributed by atoms with Crippen LogP contribution in [0.2, 0.25) is 0 Å². The molecule has 0 aromatic carbocycles. The molecule has 8 nitrogen and oxygen atoms in total. The lowest BCUT2D eigenvalue weighted by Gasteiger charge is -2.23. The van der Waals surface area contributed by atoms with Gasteiger partial charge >= 0.3 is 5.97 Å². The first-order chi connectivity index (χ1) is 13.5. The van der Waals surface area contributed by atoms with Gasteiger partial charge in [-0.2, -0.15) is 0 Å². The number of aliphatic hydroxyl groups excluding tert-OH is 2. The van der Waals surface area contributed by atoms with Gasteiger partial charge in [0.15, 0.2) is 0 Å². The second-order valence-corrected chi connectivity index (χ2v) is 7.67. The lowest BCUT2D eigenvalue weighted by atomic mass is 9.98. The highest BCUT2D eigenvalue weighted by molar-refractivity contribution is 5.66. The van der Waals surface area contributed by atoms with Crippen molar-refractivity contribution in [3.05, 3.63) is 12.2 Å². The third kappa shape index (κ3) is 8.14. The molecule has 2 saturated heterocycles. The standard InChI is InChI=1S/C20H34O8/c1-2-3-4-6-14(21)9-11-16-18-13-19(28-27-18)17(26-25-16)12-10-15(22)7-5-8-20(23)24/h10,12,14-19,21-22H,2-9,11,13H2,1H3,(H,23,24)/b12-10+/t14-,15-,16-,17-,18+,19-/m0/s1. The molecule has 0 aromatic rings. The highest BCUT2D eigenvalue weighted by atomic mass is 17.3. The summed E-state index contributed by atoms with van der Waals surface area (Å²) in [5, 5.41) is 28.7. The molecule has 2 rings (SSSR count). The quantitative estimate of drug-likeness (QED) is 0.245. The minimum absolute atomic E-state index is 0.0289. The Kier molecular flexibility index (Phi) is 10.4. The van der Waals surface area contributed by atoms with Crippen molar-refractivity contribution in [2.45, 2.75) is 108 Å². The van der Waals surface area contributed by atoms with Crippen LogP contribution in [0.15, 0.2) is 12.2 Å². The lowest BCUT2D eigenvalue weighted by molar-refractivity contribution is -0.421. The van der Waals surface area contributed by atoms with E-state index in [1.54, 1.807) is 12.2 Å². The second kappa shape index (κ2) is 12.5. The molecule has 0 amide bonds. The summed E-state index contributed by atoms with van der Waals surface area (Å²) in [6.07, 6.45) is 7.43. The Labute approximate surface area is 166 Å². The minimum Gasteiger partial charge on any atom is -0.481 e. The first kappa shape index (κ1) is 23.3. The van der Waals surface area contributed by atoms with E-state index in [2.05, 4.69) is 6.92 Å². The van der Waals surface area contributed by atoms with Crippen LogP contribution in [0, 0.1) is 0 Å². The lowest BCUT2D eigenvalue weighted by Crippen LogP contribution is -2.30. The summed E-state index contributed by atoms with van der Waals surface area (Å²) in [6.45, 7) is 2.14. The van der Waals surface area contributed by atoms with E-state index in [1.807, 2.05) is 0 Å². The van der Waals surface area contributed by atoms with Crippen molar-refractivity contribution in [3.8, 4) is 0 Å². The zero-order chi connectivity index (χ0) is 20.4. The van der Waals surface area contributed by atoms with E-state index >= 15 is 0 Å². The van der Waals surface area contributed by atoms with Crippen molar-refractivity contribution in [1.29, 1.82) is 0 Å². The number of fused-ring (bicyclic) bond motifs is 2. The van der Waals surface area contributed by atoms with Crippen LogP contribution in [0.5, 0.6) is 0 Å².